The molecule has 0 spiro atoms. The van der Waals surface area contributed by atoms with E-state index in [9.17, 15) is 18.0 Å². The van der Waals surface area contributed by atoms with E-state index in [0.717, 1.165) is 4.90 Å². The number of carbonyl (C=O) groups excluding carboxylic acids is 1. The van der Waals surface area contributed by atoms with Gasteiger partial charge in [-0.05, 0) is 62.4 Å². The van der Waals surface area contributed by atoms with Gasteiger partial charge in [0.2, 0.25) is 4.87 Å². The third-order valence-corrected chi connectivity index (χ3v) is 5.59. The number of amidine groups is 1. The van der Waals surface area contributed by atoms with Crippen molar-refractivity contribution < 1.29 is 22.7 Å². The maximum absolute atomic E-state index is 14.4. The average Bonchev–Trinajstić information content (AvgIpc) is 2.66. The largest absolute Gasteiger partial charge is 0.497 e. The first-order valence-corrected chi connectivity index (χ1v) is 9.96. The number of aliphatic imine (C=N–C) groups is 1. The van der Waals surface area contributed by atoms with Gasteiger partial charge in [-0.2, -0.15) is 13.2 Å². The summed E-state index contributed by atoms with van der Waals surface area (Å²) < 4.78 is 48.2. The number of halogens is 3. The van der Waals surface area contributed by atoms with Crippen LogP contribution in [0.1, 0.15) is 26.3 Å². The van der Waals surface area contributed by atoms with Gasteiger partial charge < -0.3 is 10.1 Å². The summed E-state index contributed by atoms with van der Waals surface area (Å²) in [7, 11) is 1.50. The third kappa shape index (κ3) is 4.26. The fourth-order valence-electron chi connectivity index (χ4n) is 2.92. The molecule has 30 heavy (non-hydrogen) atoms. The molecule has 9 heteroatoms. The third-order valence-electron chi connectivity index (χ3n) is 4.26. The highest BCUT2D eigenvalue weighted by molar-refractivity contribution is 8.15. The van der Waals surface area contributed by atoms with Crippen LogP contribution in [0.5, 0.6) is 5.75 Å². The SMILES string of the molecule is COc1ccc(N2C(=O)NC(c3ccccc3)(C(F)(F)F)SC2=NC(C)(C)C)cc1. The topological polar surface area (TPSA) is 53.9 Å². The van der Waals surface area contributed by atoms with Crippen LogP contribution in [0, 0.1) is 0 Å². The number of methoxy groups -OCH3 is 1. The van der Waals surface area contributed by atoms with Crippen molar-refractivity contribution in [3.05, 3.63) is 60.2 Å². The van der Waals surface area contributed by atoms with Crippen LogP contribution in [0.15, 0.2) is 59.6 Å². The zero-order valence-corrected chi connectivity index (χ0v) is 17.8. The van der Waals surface area contributed by atoms with E-state index in [4.69, 9.17) is 4.74 Å². The zero-order valence-electron chi connectivity index (χ0n) is 16.9. The molecule has 0 aliphatic carbocycles. The second-order valence-electron chi connectivity index (χ2n) is 7.68. The molecule has 1 saturated heterocycles. The van der Waals surface area contributed by atoms with Crippen molar-refractivity contribution in [2.24, 2.45) is 4.99 Å². The number of benzene rings is 2. The molecule has 2 amide bonds. The van der Waals surface area contributed by atoms with Crippen molar-refractivity contribution >= 4 is 28.6 Å². The summed E-state index contributed by atoms with van der Waals surface area (Å²) in [5.74, 6) is 0.562. The molecular weight excluding hydrogens is 415 g/mol. The molecule has 0 bridgehead atoms. The summed E-state index contributed by atoms with van der Waals surface area (Å²) in [6, 6.07) is 12.9. The van der Waals surface area contributed by atoms with Crippen molar-refractivity contribution in [1.29, 1.82) is 0 Å². The monoisotopic (exact) mass is 437 g/mol. The summed E-state index contributed by atoms with van der Waals surface area (Å²) in [5.41, 5.74) is -0.405. The van der Waals surface area contributed by atoms with Gasteiger partial charge in [0.05, 0.1) is 18.3 Å². The predicted octanol–water partition coefficient (Wildman–Crippen LogP) is 5.53. The Bertz CT molecular complexity index is 941. The second-order valence-corrected chi connectivity index (χ2v) is 8.86. The van der Waals surface area contributed by atoms with E-state index in [1.165, 1.54) is 31.4 Å². The summed E-state index contributed by atoms with van der Waals surface area (Å²) in [4.78, 5) is 16.0. The minimum atomic E-state index is -4.76. The van der Waals surface area contributed by atoms with Crippen LogP contribution < -0.4 is 15.0 Å². The predicted molar refractivity (Wildman–Crippen MR) is 113 cm³/mol. The number of amides is 2. The van der Waals surface area contributed by atoms with Crippen LogP contribution in [0.3, 0.4) is 0 Å². The molecule has 2 aromatic carbocycles. The number of rotatable bonds is 3. The van der Waals surface area contributed by atoms with Gasteiger partial charge in [0.1, 0.15) is 5.75 Å². The van der Waals surface area contributed by atoms with E-state index in [1.54, 1.807) is 51.1 Å². The van der Waals surface area contributed by atoms with Gasteiger partial charge in [0.15, 0.2) is 5.17 Å². The lowest BCUT2D eigenvalue weighted by molar-refractivity contribution is -0.167. The van der Waals surface area contributed by atoms with Crippen LogP contribution in [0.2, 0.25) is 0 Å². The molecule has 1 fully saturated rings. The van der Waals surface area contributed by atoms with E-state index in [-0.39, 0.29) is 10.7 Å². The van der Waals surface area contributed by atoms with Gasteiger partial charge >= 0.3 is 12.2 Å². The van der Waals surface area contributed by atoms with Crippen molar-refractivity contribution in [2.45, 2.75) is 37.4 Å². The first kappa shape index (κ1) is 22.0. The Morgan fingerprint density at radius 3 is 2.13 bits per heavy atom. The Kier molecular flexibility index (Phi) is 5.77. The summed E-state index contributed by atoms with van der Waals surface area (Å²) in [5, 5.41) is 2.15. The van der Waals surface area contributed by atoms with Gasteiger partial charge in [-0.15, -0.1) is 0 Å². The number of carbonyl (C=O) groups is 1. The highest BCUT2D eigenvalue weighted by Gasteiger charge is 2.62. The van der Waals surface area contributed by atoms with E-state index < -0.39 is 22.6 Å². The molecule has 1 aliphatic rings. The van der Waals surface area contributed by atoms with Crippen molar-refractivity contribution in [3.63, 3.8) is 0 Å². The number of ether oxygens (including phenoxy) is 1. The Balaban J connectivity index is 2.16. The summed E-state index contributed by atoms with van der Waals surface area (Å²) in [6.07, 6.45) is -4.76. The number of urea groups is 1. The van der Waals surface area contributed by atoms with Gasteiger partial charge in [-0.1, -0.05) is 30.3 Å². The molecule has 0 aromatic heterocycles. The standard InChI is InChI=1S/C21H22F3N3O2S/c1-19(2,3)26-18-27(15-10-12-16(29-4)13-11-15)17(28)25-20(30-18,21(22,23)24)14-8-6-5-7-9-14/h5-13H,1-4H3,(H,25,28). The van der Waals surface area contributed by atoms with Gasteiger partial charge in [-0.3, -0.25) is 4.99 Å². The normalized spacial score (nSPS) is 21.5. The van der Waals surface area contributed by atoms with E-state index in [2.05, 4.69) is 10.3 Å². The zero-order chi connectivity index (χ0) is 22.2. The van der Waals surface area contributed by atoms with Crippen LogP contribution in [0.4, 0.5) is 23.7 Å². The highest BCUT2D eigenvalue weighted by atomic mass is 32.2. The van der Waals surface area contributed by atoms with Crippen LogP contribution >= 0.6 is 11.8 Å². The smallest absolute Gasteiger partial charge is 0.425 e. The minimum absolute atomic E-state index is 0.0439. The lowest BCUT2D eigenvalue weighted by atomic mass is 10.1. The maximum atomic E-state index is 14.4. The molecule has 1 atom stereocenters. The molecule has 1 unspecified atom stereocenters. The van der Waals surface area contributed by atoms with Crippen molar-refractivity contribution in [3.8, 4) is 5.75 Å². The van der Waals surface area contributed by atoms with Crippen LogP contribution in [0.25, 0.3) is 0 Å². The Morgan fingerprint density at radius 2 is 1.63 bits per heavy atom. The fraction of sp³-hybridized carbons (Fsp3) is 0.333. The Morgan fingerprint density at radius 1 is 1.03 bits per heavy atom. The Hall–Kier alpha value is -2.68. The molecule has 0 radical (unpaired) electrons. The lowest BCUT2D eigenvalue weighted by Gasteiger charge is -2.43. The first-order valence-electron chi connectivity index (χ1n) is 9.14. The molecule has 3 rings (SSSR count). The molecule has 2 aromatic rings. The molecule has 1 N–H and O–H groups in total. The number of anilines is 1. The first-order chi connectivity index (χ1) is 14.0. The van der Waals surface area contributed by atoms with E-state index >= 15 is 0 Å². The van der Waals surface area contributed by atoms with E-state index in [0.29, 0.717) is 23.2 Å². The quantitative estimate of drug-likeness (QED) is 0.687. The summed E-state index contributed by atoms with van der Waals surface area (Å²) >= 11 is 0.470. The second kappa shape index (κ2) is 7.86. The molecular formula is C21H22F3N3O2S. The van der Waals surface area contributed by atoms with Crippen LogP contribution in [-0.4, -0.2) is 30.0 Å². The number of nitrogens with one attached hydrogen (secondary N) is 1. The van der Waals surface area contributed by atoms with E-state index in [1.807, 2.05) is 0 Å². The molecule has 1 heterocycles. The number of thioether (sulfide) groups is 1. The maximum Gasteiger partial charge on any atom is 0.425 e. The number of hydrogen-bond acceptors (Lipinski definition) is 4. The van der Waals surface area contributed by atoms with Gasteiger partial charge in [0.25, 0.3) is 0 Å². The van der Waals surface area contributed by atoms with Gasteiger partial charge in [-0.25, -0.2) is 9.69 Å². The van der Waals surface area contributed by atoms with Gasteiger partial charge in [0, 0.05) is 0 Å². The number of nitrogens with zero attached hydrogens (tertiary/aromatic N) is 2. The number of alkyl halides is 3. The summed E-state index contributed by atoms with van der Waals surface area (Å²) in [6.45, 7) is 5.28. The molecule has 5 nitrogen and oxygen atoms in total. The average molecular weight is 437 g/mol. The highest BCUT2D eigenvalue weighted by Crippen LogP contribution is 2.51. The molecule has 1 aliphatic heterocycles. The molecule has 160 valence electrons. The van der Waals surface area contributed by atoms with Crippen molar-refractivity contribution in [2.75, 3.05) is 12.0 Å². The lowest BCUT2D eigenvalue weighted by Crippen LogP contribution is -2.63. The van der Waals surface area contributed by atoms with Crippen LogP contribution in [-0.2, 0) is 4.87 Å². The Labute approximate surface area is 177 Å². The van der Waals surface area contributed by atoms with Crippen molar-refractivity contribution in [1.82, 2.24) is 5.32 Å². The minimum Gasteiger partial charge on any atom is -0.497 e. The number of hydrogen-bond donors (Lipinski definition) is 1. The fourth-order valence-corrected chi connectivity index (χ4v) is 4.30. The molecule has 0 saturated carbocycles.